The summed E-state index contributed by atoms with van der Waals surface area (Å²) in [5.74, 6) is 2.32. The maximum atomic E-state index is 5.70. The molecule has 1 N–H and O–H groups in total. The van der Waals surface area contributed by atoms with E-state index < -0.39 is 0 Å². The second kappa shape index (κ2) is 5.84. The summed E-state index contributed by atoms with van der Waals surface area (Å²) in [5, 5.41) is 3.46. The standard InChI is InChI=1S/C9H19NOS/c1-3-8(10-4-2)9-7-12-6-5-11-9/h8-10H,3-7H2,1-2H3. The molecule has 72 valence electrons. The average Bonchev–Trinajstić information content (AvgIpc) is 2.15. The van der Waals surface area contributed by atoms with Gasteiger partial charge in [0.25, 0.3) is 0 Å². The molecule has 0 saturated carbocycles. The highest BCUT2D eigenvalue weighted by Crippen LogP contribution is 2.16. The first-order valence-electron chi connectivity index (χ1n) is 4.81. The minimum Gasteiger partial charge on any atom is -0.375 e. The fourth-order valence-corrected chi connectivity index (χ4v) is 2.48. The van der Waals surface area contributed by atoms with Gasteiger partial charge in [0.05, 0.1) is 12.7 Å². The molecule has 0 aromatic carbocycles. The van der Waals surface area contributed by atoms with Gasteiger partial charge in [0.15, 0.2) is 0 Å². The normalized spacial score (nSPS) is 27.0. The Bertz CT molecular complexity index is 112. The Kier molecular flexibility index (Phi) is 5.04. The van der Waals surface area contributed by atoms with Gasteiger partial charge in [-0.15, -0.1) is 0 Å². The van der Waals surface area contributed by atoms with Crippen molar-refractivity contribution in [2.75, 3.05) is 24.7 Å². The zero-order valence-corrected chi connectivity index (χ0v) is 8.82. The molecule has 0 radical (unpaired) electrons. The molecule has 12 heavy (non-hydrogen) atoms. The van der Waals surface area contributed by atoms with Crippen LogP contribution in [0.15, 0.2) is 0 Å². The van der Waals surface area contributed by atoms with Gasteiger partial charge in [-0.05, 0) is 13.0 Å². The third-order valence-corrected chi connectivity index (χ3v) is 3.22. The first kappa shape index (κ1) is 10.4. The van der Waals surface area contributed by atoms with Gasteiger partial charge in [-0.3, -0.25) is 0 Å². The first-order valence-corrected chi connectivity index (χ1v) is 5.96. The lowest BCUT2D eigenvalue weighted by molar-refractivity contribution is 0.0465. The van der Waals surface area contributed by atoms with Crippen molar-refractivity contribution >= 4 is 11.8 Å². The van der Waals surface area contributed by atoms with Crippen LogP contribution in [0.1, 0.15) is 20.3 Å². The number of thioether (sulfide) groups is 1. The average molecular weight is 189 g/mol. The Morgan fingerprint density at radius 3 is 2.92 bits per heavy atom. The molecular formula is C9H19NOS. The smallest absolute Gasteiger partial charge is 0.0818 e. The van der Waals surface area contributed by atoms with E-state index in [2.05, 4.69) is 19.2 Å². The highest BCUT2D eigenvalue weighted by molar-refractivity contribution is 7.99. The van der Waals surface area contributed by atoms with Gasteiger partial charge in [-0.1, -0.05) is 13.8 Å². The van der Waals surface area contributed by atoms with Crippen molar-refractivity contribution in [2.24, 2.45) is 0 Å². The maximum Gasteiger partial charge on any atom is 0.0818 e. The van der Waals surface area contributed by atoms with Gasteiger partial charge in [0.1, 0.15) is 0 Å². The van der Waals surface area contributed by atoms with E-state index >= 15 is 0 Å². The number of likely N-dealkylation sites (N-methyl/N-ethyl adjacent to an activating group) is 1. The van der Waals surface area contributed by atoms with Gasteiger partial charge in [0, 0.05) is 17.5 Å². The molecule has 1 aliphatic rings. The van der Waals surface area contributed by atoms with Crippen LogP contribution in [0, 0.1) is 0 Å². The number of nitrogens with one attached hydrogen (secondary N) is 1. The second-order valence-electron chi connectivity index (χ2n) is 3.06. The summed E-state index contributed by atoms with van der Waals surface area (Å²) in [6.07, 6.45) is 1.60. The molecule has 0 spiro atoms. The van der Waals surface area contributed by atoms with Crippen molar-refractivity contribution in [3.8, 4) is 0 Å². The van der Waals surface area contributed by atoms with Gasteiger partial charge in [-0.25, -0.2) is 0 Å². The quantitative estimate of drug-likeness (QED) is 0.724. The van der Waals surface area contributed by atoms with Gasteiger partial charge in [0.2, 0.25) is 0 Å². The van der Waals surface area contributed by atoms with Gasteiger partial charge >= 0.3 is 0 Å². The second-order valence-corrected chi connectivity index (χ2v) is 4.21. The van der Waals surface area contributed by atoms with E-state index in [1.807, 2.05) is 11.8 Å². The molecule has 2 nitrogen and oxygen atoms in total. The highest BCUT2D eigenvalue weighted by Gasteiger charge is 2.22. The Hall–Kier alpha value is 0.270. The number of rotatable bonds is 4. The molecule has 0 amide bonds. The van der Waals surface area contributed by atoms with Crippen molar-refractivity contribution in [1.82, 2.24) is 5.32 Å². The molecule has 1 fully saturated rings. The van der Waals surface area contributed by atoms with E-state index in [1.165, 1.54) is 12.2 Å². The molecule has 2 atom stereocenters. The van der Waals surface area contributed by atoms with Crippen LogP contribution in [0.2, 0.25) is 0 Å². The van der Waals surface area contributed by atoms with E-state index in [-0.39, 0.29) is 0 Å². The van der Waals surface area contributed by atoms with E-state index in [0.29, 0.717) is 12.1 Å². The van der Waals surface area contributed by atoms with Crippen LogP contribution in [-0.2, 0) is 4.74 Å². The fourth-order valence-electron chi connectivity index (χ4n) is 1.54. The summed E-state index contributed by atoms with van der Waals surface area (Å²) < 4.78 is 5.70. The van der Waals surface area contributed by atoms with E-state index in [0.717, 1.165) is 18.9 Å². The Balaban J connectivity index is 2.29. The van der Waals surface area contributed by atoms with E-state index in [1.54, 1.807) is 0 Å². The summed E-state index contributed by atoms with van der Waals surface area (Å²) in [7, 11) is 0. The number of ether oxygens (including phenoxy) is 1. The molecule has 3 heteroatoms. The summed E-state index contributed by atoms with van der Waals surface area (Å²) in [4.78, 5) is 0. The minimum atomic E-state index is 0.439. The number of hydrogen-bond donors (Lipinski definition) is 1. The van der Waals surface area contributed by atoms with E-state index in [9.17, 15) is 0 Å². The van der Waals surface area contributed by atoms with Crippen LogP contribution in [-0.4, -0.2) is 36.8 Å². The predicted molar refractivity (Wildman–Crippen MR) is 54.8 cm³/mol. The molecule has 2 unspecified atom stereocenters. The monoisotopic (exact) mass is 189 g/mol. The van der Waals surface area contributed by atoms with Gasteiger partial charge < -0.3 is 10.1 Å². The lowest BCUT2D eigenvalue weighted by Crippen LogP contribution is -2.44. The van der Waals surface area contributed by atoms with Crippen LogP contribution < -0.4 is 5.32 Å². The third-order valence-electron chi connectivity index (χ3n) is 2.20. The highest BCUT2D eigenvalue weighted by atomic mass is 32.2. The zero-order valence-electron chi connectivity index (χ0n) is 8.01. The molecule has 1 heterocycles. The predicted octanol–water partition coefficient (Wildman–Crippen LogP) is 1.51. The molecule has 0 aromatic heterocycles. The van der Waals surface area contributed by atoms with Crippen molar-refractivity contribution in [3.63, 3.8) is 0 Å². The summed E-state index contributed by atoms with van der Waals surface area (Å²) in [6.45, 7) is 6.34. The van der Waals surface area contributed by atoms with Crippen molar-refractivity contribution in [2.45, 2.75) is 32.4 Å². The summed E-state index contributed by atoms with van der Waals surface area (Å²) in [5.41, 5.74) is 0. The van der Waals surface area contributed by atoms with Crippen LogP contribution >= 0.6 is 11.8 Å². The topological polar surface area (TPSA) is 21.3 Å². The van der Waals surface area contributed by atoms with Crippen LogP contribution in [0.4, 0.5) is 0 Å². The molecular weight excluding hydrogens is 170 g/mol. The van der Waals surface area contributed by atoms with Crippen molar-refractivity contribution in [1.29, 1.82) is 0 Å². The van der Waals surface area contributed by atoms with Crippen LogP contribution in [0.3, 0.4) is 0 Å². The lowest BCUT2D eigenvalue weighted by atomic mass is 10.1. The maximum absolute atomic E-state index is 5.70. The Morgan fingerprint density at radius 1 is 1.58 bits per heavy atom. The Labute approximate surface area is 79.4 Å². The van der Waals surface area contributed by atoms with Gasteiger partial charge in [-0.2, -0.15) is 11.8 Å². The summed E-state index contributed by atoms with van der Waals surface area (Å²) in [6, 6.07) is 0.558. The molecule has 0 aromatic rings. The molecule has 0 aliphatic carbocycles. The number of hydrogen-bond acceptors (Lipinski definition) is 3. The van der Waals surface area contributed by atoms with E-state index in [4.69, 9.17) is 4.74 Å². The molecule has 1 rings (SSSR count). The summed E-state index contributed by atoms with van der Waals surface area (Å²) >= 11 is 2.01. The van der Waals surface area contributed by atoms with Crippen molar-refractivity contribution < 1.29 is 4.74 Å². The minimum absolute atomic E-state index is 0.439. The van der Waals surface area contributed by atoms with Crippen LogP contribution in [0.25, 0.3) is 0 Å². The SMILES string of the molecule is CCNC(CC)C1CSCCO1. The third kappa shape index (κ3) is 2.96. The van der Waals surface area contributed by atoms with Crippen LogP contribution in [0.5, 0.6) is 0 Å². The zero-order chi connectivity index (χ0) is 8.81. The Morgan fingerprint density at radius 2 is 2.42 bits per heavy atom. The van der Waals surface area contributed by atoms with Crippen molar-refractivity contribution in [3.05, 3.63) is 0 Å². The molecule has 0 bridgehead atoms. The first-order chi connectivity index (χ1) is 5.88. The lowest BCUT2D eigenvalue weighted by Gasteiger charge is -2.29. The largest absolute Gasteiger partial charge is 0.375 e. The molecule has 1 aliphatic heterocycles. The molecule has 1 saturated heterocycles. The fraction of sp³-hybridized carbons (Fsp3) is 1.00.